The highest BCUT2D eigenvalue weighted by Crippen LogP contribution is 2.40. The second kappa shape index (κ2) is 8.64. The van der Waals surface area contributed by atoms with Crippen molar-refractivity contribution in [3.05, 3.63) is 46.6 Å². The van der Waals surface area contributed by atoms with Gasteiger partial charge in [-0.25, -0.2) is 9.97 Å². The van der Waals surface area contributed by atoms with Crippen LogP contribution < -0.4 is 5.32 Å². The van der Waals surface area contributed by atoms with Gasteiger partial charge < -0.3 is 0 Å². The first-order valence-electron chi connectivity index (χ1n) is 10.2. The number of thiophene rings is 1. The maximum absolute atomic E-state index is 12.6. The standard InChI is InChI=1S/C22H21N5OS3/c1-12-7-8-15-16(9-12)30-21-18(15)20(23-11-24-21)29-10-17(28)25-22-26-19(31-27-22)14-6-4-3-5-13(14)2/h3-6,11-12H,7-10H2,1-2H3,(H,25,27,28)/t12-/m1/s1. The van der Waals surface area contributed by atoms with Gasteiger partial charge in [-0.3, -0.25) is 10.1 Å². The molecule has 1 aliphatic rings. The molecule has 3 aromatic heterocycles. The lowest BCUT2D eigenvalue weighted by molar-refractivity contribution is -0.113. The predicted molar refractivity (Wildman–Crippen MR) is 128 cm³/mol. The van der Waals surface area contributed by atoms with Crippen LogP contribution in [0.5, 0.6) is 0 Å². The van der Waals surface area contributed by atoms with Crippen LogP contribution in [-0.4, -0.2) is 31.0 Å². The molecule has 0 spiro atoms. The molecule has 1 aliphatic carbocycles. The average Bonchev–Trinajstić information content (AvgIpc) is 3.36. The number of rotatable bonds is 5. The molecule has 1 atom stereocenters. The molecular weight excluding hydrogens is 446 g/mol. The van der Waals surface area contributed by atoms with E-state index in [-0.39, 0.29) is 11.7 Å². The third-order valence-electron chi connectivity index (χ3n) is 5.45. The number of amides is 1. The molecule has 158 valence electrons. The first kappa shape index (κ1) is 20.5. The molecule has 6 nitrogen and oxygen atoms in total. The van der Waals surface area contributed by atoms with Crippen LogP contribution in [0, 0.1) is 12.8 Å². The summed E-state index contributed by atoms with van der Waals surface area (Å²) in [5.41, 5.74) is 3.55. The molecule has 5 rings (SSSR count). The van der Waals surface area contributed by atoms with Crippen LogP contribution in [0.15, 0.2) is 35.6 Å². The normalized spacial score (nSPS) is 15.7. The van der Waals surface area contributed by atoms with E-state index in [1.165, 1.54) is 40.2 Å². The van der Waals surface area contributed by atoms with Gasteiger partial charge in [0.25, 0.3) is 0 Å². The quantitative estimate of drug-likeness (QED) is 0.314. The zero-order valence-electron chi connectivity index (χ0n) is 17.2. The number of nitrogens with one attached hydrogen (secondary N) is 1. The highest BCUT2D eigenvalue weighted by molar-refractivity contribution is 8.00. The fourth-order valence-corrected chi connectivity index (χ4v) is 6.80. The average molecular weight is 468 g/mol. The molecule has 4 aromatic rings. The van der Waals surface area contributed by atoms with Crippen molar-refractivity contribution in [1.29, 1.82) is 0 Å². The Balaban J connectivity index is 1.28. The van der Waals surface area contributed by atoms with E-state index in [1.54, 1.807) is 17.7 Å². The van der Waals surface area contributed by atoms with Crippen LogP contribution in [0.25, 0.3) is 20.8 Å². The van der Waals surface area contributed by atoms with Gasteiger partial charge in [0.1, 0.15) is 21.2 Å². The summed E-state index contributed by atoms with van der Waals surface area (Å²) in [6.45, 7) is 4.34. The highest BCUT2D eigenvalue weighted by Gasteiger charge is 2.23. The van der Waals surface area contributed by atoms with Crippen molar-refractivity contribution in [3.8, 4) is 10.6 Å². The Kier molecular flexibility index (Phi) is 5.73. The lowest BCUT2D eigenvalue weighted by Crippen LogP contribution is -2.15. The fourth-order valence-electron chi connectivity index (χ4n) is 3.85. The molecule has 9 heteroatoms. The minimum Gasteiger partial charge on any atom is -0.293 e. The summed E-state index contributed by atoms with van der Waals surface area (Å²) in [7, 11) is 0. The first-order valence-corrected chi connectivity index (χ1v) is 12.7. The Morgan fingerprint density at radius 1 is 1.29 bits per heavy atom. The molecule has 0 fully saturated rings. The van der Waals surface area contributed by atoms with Crippen LogP contribution in [0.1, 0.15) is 29.3 Å². The van der Waals surface area contributed by atoms with Crippen molar-refractivity contribution >= 4 is 56.7 Å². The molecule has 31 heavy (non-hydrogen) atoms. The van der Waals surface area contributed by atoms with Crippen LogP contribution in [0.2, 0.25) is 0 Å². The topological polar surface area (TPSA) is 80.7 Å². The number of benzene rings is 1. The van der Waals surface area contributed by atoms with E-state index in [9.17, 15) is 4.79 Å². The van der Waals surface area contributed by atoms with Gasteiger partial charge >= 0.3 is 0 Å². The van der Waals surface area contributed by atoms with Crippen molar-refractivity contribution in [2.45, 2.75) is 38.1 Å². The summed E-state index contributed by atoms with van der Waals surface area (Å²) in [5, 5.41) is 5.65. The molecule has 3 heterocycles. The van der Waals surface area contributed by atoms with Crippen molar-refractivity contribution in [3.63, 3.8) is 0 Å². The number of anilines is 1. The number of aryl methyl sites for hydroxylation is 2. The number of carbonyl (C=O) groups excluding carboxylic acids is 1. The summed E-state index contributed by atoms with van der Waals surface area (Å²) < 4.78 is 4.30. The Morgan fingerprint density at radius 2 is 2.16 bits per heavy atom. The second-order valence-corrected chi connectivity index (χ2v) is 10.6. The van der Waals surface area contributed by atoms with E-state index in [0.29, 0.717) is 11.9 Å². The second-order valence-electron chi connectivity index (χ2n) is 7.79. The SMILES string of the molecule is Cc1ccccc1-c1nc(NC(=O)CSc2ncnc3sc4c(c23)CC[C@@H](C)C4)ns1. The number of hydrogen-bond acceptors (Lipinski definition) is 8. The van der Waals surface area contributed by atoms with Gasteiger partial charge in [-0.15, -0.1) is 11.3 Å². The Bertz CT molecular complexity index is 1270. The van der Waals surface area contributed by atoms with E-state index >= 15 is 0 Å². The molecule has 0 unspecified atom stereocenters. The van der Waals surface area contributed by atoms with Crippen LogP contribution in [0.3, 0.4) is 0 Å². The molecular formula is C22H21N5OS3. The minimum atomic E-state index is -0.136. The third kappa shape index (κ3) is 4.22. The Morgan fingerprint density at radius 3 is 3.03 bits per heavy atom. The van der Waals surface area contributed by atoms with Gasteiger partial charge in [0.05, 0.1) is 5.75 Å². The number of thioether (sulfide) groups is 1. The van der Waals surface area contributed by atoms with E-state index in [4.69, 9.17) is 0 Å². The van der Waals surface area contributed by atoms with E-state index in [0.717, 1.165) is 44.2 Å². The van der Waals surface area contributed by atoms with Crippen molar-refractivity contribution in [2.24, 2.45) is 5.92 Å². The zero-order valence-corrected chi connectivity index (χ0v) is 19.7. The van der Waals surface area contributed by atoms with Gasteiger partial charge in [-0.05, 0) is 54.8 Å². The molecule has 1 amide bonds. The lowest BCUT2D eigenvalue weighted by atomic mass is 9.89. The molecule has 0 saturated carbocycles. The molecule has 1 N–H and O–H groups in total. The van der Waals surface area contributed by atoms with Crippen LogP contribution >= 0.6 is 34.6 Å². The molecule has 0 saturated heterocycles. The van der Waals surface area contributed by atoms with E-state index in [2.05, 4.69) is 31.6 Å². The third-order valence-corrected chi connectivity index (χ3v) is 8.35. The number of carbonyl (C=O) groups is 1. The predicted octanol–water partition coefficient (Wildman–Crippen LogP) is 5.37. The Hall–Kier alpha value is -2.36. The summed E-state index contributed by atoms with van der Waals surface area (Å²) in [5.74, 6) is 1.18. The molecule has 0 bridgehead atoms. The van der Waals surface area contributed by atoms with E-state index < -0.39 is 0 Å². The summed E-state index contributed by atoms with van der Waals surface area (Å²) in [4.78, 5) is 28.5. The number of aromatic nitrogens is 4. The van der Waals surface area contributed by atoms with Gasteiger partial charge in [-0.2, -0.15) is 9.36 Å². The maximum Gasteiger partial charge on any atom is 0.241 e. The van der Waals surface area contributed by atoms with Crippen LogP contribution in [0.4, 0.5) is 5.95 Å². The van der Waals surface area contributed by atoms with E-state index in [1.807, 2.05) is 31.2 Å². The van der Waals surface area contributed by atoms with Gasteiger partial charge in [0.15, 0.2) is 0 Å². The van der Waals surface area contributed by atoms with Gasteiger partial charge in [0, 0.05) is 15.8 Å². The first-order chi connectivity index (χ1) is 15.1. The monoisotopic (exact) mass is 467 g/mol. The molecule has 0 radical (unpaired) electrons. The molecule has 1 aromatic carbocycles. The fraction of sp³-hybridized carbons (Fsp3) is 0.318. The number of hydrogen-bond donors (Lipinski definition) is 1. The number of nitrogens with zero attached hydrogens (tertiary/aromatic N) is 4. The van der Waals surface area contributed by atoms with Crippen molar-refractivity contribution < 1.29 is 4.79 Å². The summed E-state index contributed by atoms with van der Waals surface area (Å²) in [6.07, 6.45) is 4.97. The van der Waals surface area contributed by atoms with Crippen molar-refractivity contribution in [1.82, 2.24) is 19.3 Å². The van der Waals surface area contributed by atoms with Crippen LogP contribution in [-0.2, 0) is 17.6 Å². The highest BCUT2D eigenvalue weighted by atomic mass is 32.2. The lowest BCUT2D eigenvalue weighted by Gasteiger charge is -2.18. The smallest absolute Gasteiger partial charge is 0.241 e. The largest absolute Gasteiger partial charge is 0.293 e. The van der Waals surface area contributed by atoms with Crippen molar-refractivity contribution in [2.75, 3.05) is 11.1 Å². The summed E-state index contributed by atoms with van der Waals surface area (Å²) in [6, 6.07) is 8.03. The maximum atomic E-state index is 12.6. The number of fused-ring (bicyclic) bond motifs is 3. The minimum absolute atomic E-state index is 0.136. The van der Waals surface area contributed by atoms with Gasteiger partial charge in [-0.1, -0.05) is 43.0 Å². The van der Waals surface area contributed by atoms with Gasteiger partial charge in [0.2, 0.25) is 11.9 Å². The zero-order chi connectivity index (χ0) is 21.4. The summed E-state index contributed by atoms with van der Waals surface area (Å²) >= 11 is 4.52. The molecule has 0 aliphatic heterocycles. The Labute approximate surface area is 192 Å².